The van der Waals surface area contributed by atoms with Gasteiger partial charge in [0.05, 0.1) is 24.2 Å². The lowest BCUT2D eigenvalue weighted by Crippen LogP contribution is -2.61. The summed E-state index contributed by atoms with van der Waals surface area (Å²) in [6.45, 7) is 6.90. The minimum absolute atomic E-state index is 0.0225. The van der Waals surface area contributed by atoms with Crippen molar-refractivity contribution in [1.82, 2.24) is 14.5 Å². The zero-order chi connectivity index (χ0) is 28.2. The number of aromatic nitrogens is 2. The summed E-state index contributed by atoms with van der Waals surface area (Å²) < 4.78 is 6.35. The van der Waals surface area contributed by atoms with Gasteiger partial charge in [-0.15, -0.1) is 0 Å². The number of nitrogens with two attached hydrogens (primary N) is 1. The second-order valence-electron chi connectivity index (χ2n) is 12.1. The SMILES string of the molecule is CC(CC1CCCCC1)C(=O)N1CCC(O)(Cn2cnc(-c3ccccc3COC(N)=O)cc2=O)C(C)(C)C1. The van der Waals surface area contributed by atoms with Gasteiger partial charge in [0.2, 0.25) is 5.91 Å². The van der Waals surface area contributed by atoms with Crippen LogP contribution in [0.25, 0.3) is 11.3 Å². The first kappa shape index (κ1) is 28.8. The Morgan fingerprint density at radius 2 is 1.92 bits per heavy atom. The Labute approximate surface area is 230 Å². The maximum Gasteiger partial charge on any atom is 0.404 e. The Morgan fingerprint density at radius 1 is 1.21 bits per heavy atom. The number of piperidine rings is 1. The number of nitrogens with zero attached hydrogens (tertiary/aromatic N) is 3. The van der Waals surface area contributed by atoms with Gasteiger partial charge in [0.15, 0.2) is 0 Å². The van der Waals surface area contributed by atoms with Gasteiger partial charge in [-0.05, 0) is 24.3 Å². The lowest BCUT2D eigenvalue weighted by atomic mass is 9.69. The molecule has 1 aromatic heterocycles. The van der Waals surface area contributed by atoms with Gasteiger partial charge in [-0.25, -0.2) is 9.78 Å². The predicted molar refractivity (Wildman–Crippen MR) is 149 cm³/mol. The summed E-state index contributed by atoms with van der Waals surface area (Å²) in [4.78, 5) is 43.8. The molecule has 2 atom stereocenters. The normalized spacial score (nSPS) is 22.3. The average molecular weight is 539 g/mol. The van der Waals surface area contributed by atoms with Gasteiger partial charge in [0, 0.05) is 36.1 Å². The van der Waals surface area contributed by atoms with E-state index < -0.39 is 17.1 Å². The Bertz CT molecular complexity index is 1240. The number of amides is 2. The molecule has 2 aromatic rings. The first-order valence-electron chi connectivity index (χ1n) is 14.1. The lowest BCUT2D eigenvalue weighted by molar-refractivity contribution is -0.157. The number of ether oxygens (including phenoxy) is 1. The summed E-state index contributed by atoms with van der Waals surface area (Å²) in [5.74, 6) is 0.779. The van der Waals surface area contributed by atoms with E-state index in [0.717, 1.165) is 6.42 Å². The summed E-state index contributed by atoms with van der Waals surface area (Å²) in [6, 6.07) is 8.61. The molecule has 212 valence electrons. The molecule has 1 aromatic carbocycles. The number of carbonyl (C=O) groups is 2. The van der Waals surface area contributed by atoms with Gasteiger partial charge in [-0.2, -0.15) is 0 Å². The van der Waals surface area contributed by atoms with E-state index in [1.165, 1.54) is 49.1 Å². The van der Waals surface area contributed by atoms with Crippen molar-refractivity contribution in [2.45, 2.75) is 84.5 Å². The highest BCUT2D eigenvalue weighted by Crippen LogP contribution is 2.40. The molecule has 2 heterocycles. The van der Waals surface area contributed by atoms with E-state index in [2.05, 4.69) is 4.98 Å². The number of hydrogen-bond donors (Lipinski definition) is 2. The van der Waals surface area contributed by atoms with Crippen molar-refractivity contribution in [2.24, 2.45) is 23.0 Å². The monoisotopic (exact) mass is 538 g/mol. The first-order chi connectivity index (χ1) is 18.5. The van der Waals surface area contributed by atoms with Crippen molar-refractivity contribution in [3.05, 3.63) is 52.6 Å². The fraction of sp³-hybridized carbons (Fsp3) is 0.600. The smallest absolute Gasteiger partial charge is 0.404 e. The third kappa shape index (κ3) is 6.69. The molecule has 2 fully saturated rings. The van der Waals surface area contributed by atoms with E-state index >= 15 is 0 Å². The van der Waals surface area contributed by atoms with Crippen molar-refractivity contribution < 1.29 is 19.4 Å². The van der Waals surface area contributed by atoms with Crippen LogP contribution >= 0.6 is 0 Å². The summed E-state index contributed by atoms with van der Waals surface area (Å²) in [5.41, 5.74) is 4.78. The molecule has 39 heavy (non-hydrogen) atoms. The molecular weight excluding hydrogens is 496 g/mol. The lowest BCUT2D eigenvalue weighted by Gasteiger charge is -2.50. The van der Waals surface area contributed by atoms with Crippen LogP contribution in [-0.2, 0) is 22.7 Å². The number of likely N-dealkylation sites (tertiary alicyclic amines) is 1. The summed E-state index contributed by atoms with van der Waals surface area (Å²) >= 11 is 0. The van der Waals surface area contributed by atoms with E-state index in [4.69, 9.17) is 10.5 Å². The Morgan fingerprint density at radius 3 is 2.59 bits per heavy atom. The molecule has 0 radical (unpaired) electrons. The van der Waals surface area contributed by atoms with E-state index in [-0.39, 0.29) is 30.5 Å². The molecule has 3 N–H and O–H groups in total. The van der Waals surface area contributed by atoms with Crippen LogP contribution in [0.2, 0.25) is 0 Å². The van der Waals surface area contributed by atoms with Crippen LogP contribution in [0, 0.1) is 17.3 Å². The van der Waals surface area contributed by atoms with Crippen LogP contribution in [0.3, 0.4) is 0 Å². The van der Waals surface area contributed by atoms with Gasteiger partial charge in [0.25, 0.3) is 5.56 Å². The molecule has 2 unspecified atom stereocenters. The zero-order valence-corrected chi connectivity index (χ0v) is 23.4. The van der Waals surface area contributed by atoms with Crippen molar-refractivity contribution >= 4 is 12.0 Å². The highest BCUT2D eigenvalue weighted by Gasteiger charge is 2.49. The molecule has 2 aliphatic rings. The largest absolute Gasteiger partial charge is 0.445 e. The van der Waals surface area contributed by atoms with Crippen LogP contribution in [0.1, 0.15) is 71.3 Å². The fourth-order valence-electron chi connectivity index (χ4n) is 6.20. The minimum Gasteiger partial charge on any atom is -0.445 e. The highest BCUT2D eigenvalue weighted by atomic mass is 16.5. The Hall–Kier alpha value is -3.20. The predicted octanol–water partition coefficient (Wildman–Crippen LogP) is 4.10. The number of aliphatic hydroxyl groups is 1. The van der Waals surface area contributed by atoms with E-state index in [9.17, 15) is 19.5 Å². The van der Waals surface area contributed by atoms with Crippen LogP contribution in [0.4, 0.5) is 4.79 Å². The molecule has 1 aliphatic carbocycles. The third-order valence-corrected chi connectivity index (χ3v) is 8.76. The second kappa shape index (κ2) is 11.9. The quantitative estimate of drug-likeness (QED) is 0.521. The van der Waals surface area contributed by atoms with Crippen LogP contribution in [-0.4, -0.2) is 50.2 Å². The molecule has 0 bridgehead atoms. The number of primary amides is 1. The van der Waals surface area contributed by atoms with Gasteiger partial charge >= 0.3 is 6.09 Å². The number of rotatable bonds is 8. The second-order valence-corrected chi connectivity index (χ2v) is 12.1. The maximum atomic E-state index is 13.3. The van der Waals surface area contributed by atoms with Gasteiger partial charge < -0.3 is 20.5 Å². The molecular formula is C30H42N4O5. The van der Waals surface area contributed by atoms with Crippen molar-refractivity contribution in [3.63, 3.8) is 0 Å². The molecule has 1 aliphatic heterocycles. The third-order valence-electron chi connectivity index (χ3n) is 8.76. The molecule has 0 spiro atoms. The van der Waals surface area contributed by atoms with E-state index in [1.54, 1.807) is 18.2 Å². The number of benzene rings is 1. The maximum absolute atomic E-state index is 13.3. The fourth-order valence-corrected chi connectivity index (χ4v) is 6.20. The molecule has 2 amide bonds. The molecule has 4 rings (SSSR count). The standard InChI is InChI=1S/C30H42N4O5/c1-21(15-22-9-5-4-6-10-22)27(36)33-14-13-30(38,29(2,3)18-33)19-34-20-32-25(16-26(34)35)24-12-8-7-11-23(24)17-39-28(31)37/h7-8,11-12,16,20-22,38H,4-6,9-10,13-15,17-19H2,1-3H3,(H2,31,37). The van der Waals surface area contributed by atoms with Gasteiger partial charge in [0.1, 0.15) is 6.61 Å². The van der Waals surface area contributed by atoms with Crippen molar-refractivity contribution in [3.8, 4) is 11.3 Å². The Balaban J connectivity index is 1.44. The summed E-state index contributed by atoms with van der Waals surface area (Å²) in [7, 11) is 0. The van der Waals surface area contributed by atoms with Crippen molar-refractivity contribution in [2.75, 3.05) is 13.1 Å². The number of hydrogen-bond acceptors (Lipinski definition) is 6. The van der Waals surface area contributed by atoms with Crippen LogP contribution < -0.4 is 11.3 Å². The van der Waals surface area contributed by atoms with Crippen LogP contribution in [0.15, 0.2) is 41.5 Å². The Kier molecular flexibility index (Phi) is 8.79. The average Bonchev–Trinajstić information content (AvgIpc) is 2.90. The minimum atomic E-state index is -1.18. The first-order valence-corrected chi connectivity index (χ1v) is 14.1. The molecule has 9 heteroatoms. The number of carbonyl (C=O) groups excluding carboxylic acids is 2. The highest BCUT2D eigenvalue weighted by molar-refractivity contribution is 5.78. The van der Waals surface area contributed by atoms with Crippen molar-refractivity contribution in [1.29, 1.82) is 0 Å². The van der Waals surface area contributed by atoms with E-state index in [0.29, 0.717) is 42.2 Å². The molecule has 1 saturated heterocycles. The molecule has 9 nitrogen and oxygen atoms in total. The zero-order valence-electron chi connectivity index (χ0n) is 23.4. The van der Waals surface area contributed by atoms with E-state index in [1.807, 2.05) is 31.7 Å². The van der Waals surface area contributed by atoms with Gasteiger partial charge in [-0.3, -0.25) is 14.2 Å². The summed E-state index contributed by atoms with van der Waals surface area (Å²) in [6.07, 6.45) is 8.15. The topological polar surface area (TPSA) is 128 Å². The summed E-state index contributed by atoms with van der Waals surface area (Å²) in [5, 5.41) is 11.7. The van der Waals surface area contributed by atoms with Gasteiger partial charge in [-0.1, -0.05) is 77.1 Å². The van der Waals surface area contributed by atoms with Crippen LogP contribution in [0.5, 0.6) is 0 Å². The molecule has 1 saturated carbocycles.